The van der Waals surface area contributed by atoms with Gasteiger partial charge in [-0.2, -0.15) is 0 Å². The van der Waals surface area contributed by atoms with Crippen molar-refractivity contribution in [3.63, 3.8) is 0 Å². The third-order valence-electron chi connectivity index (χ3n) is 3.47. The maximum absolute atomic E-state index is 12.5. The first kappa shape index (κ1) is 20.1. The molecule has 1 rings (SSSR count). The molecule has 0 fully saturated rings. The van der Waals surface area contributed by atoms with Crippen molar-refractivity contribution in [1.82, 2.24) is 13.7 Å². The van der Waals surface area contributed by atoms with Crippen molar-refractivity contribution in [3.8, 4) is 0 Å². The zero-order valence-corrected chi connectivity index (χ0v) is 14.6. The summed E-state index contributed by atoms with van der Waals surface area (Å²) in [4.78, 5) is 49.0. The molecule has 25 heavy (non-hydrogen) atoms. The van der Waals surface area contributed by atoms with Crippen LogP contribution in [0.3, 0.4) is 0 Å². The average Bonchev–Trinajstić information content (AvgIpc) is 2.57. The highest BCUT2D eigenvalue weighted by Gasteiger charge is 2.19. The molecule has 8 nitrogen and oxygen atoms in total. The molecule has 1 unspecified atom stereocenters. The summed E-state index contributed by atoms with van der Waals surface area (Å²) < 4.78 is 7.90. The largest absolute Gasteiger partial charge is 0.457 e. The molecule has 0 bridgehead atoms. The molecule has 136 valence electrons. The number of esters is 1. The van der Waals surface area contributed by atoms with Gasteiger partial charge in [0.15, 0.2) is 0 Å². The fourth-order valence-corrected chi connectivity index (χ4v) is 2.11. The lowest BCUT2D eigenvalue weighted by atomic mass is 10.2. The zero-order chi connectivity index (χ0) is 19.1. The quantitative estimate of drug-likeness (QED) is 0.366. The van der Waals surface area contributed by atoms with Crippen LogP contribution in [0.5, 0.6) is 0 Å². The van der Waals surface area contributed by atoms with E-state index in [0.29, 0.717) is 6.42 Å². The van der Waals surface area contributed by atoms with Crippen molar-refractivity contribution >= 4 is 5.97 Å². The summed E-state index contributed by atoms with van der Waals surface area (Å²) in [6, 6.07) is 0. The highest BCUT2D eigenvalue weighted by molar-refractivity contribution is 5.87. The molecule has 0 aliphatic heterocycles. The Kier molecular flexibility index (Phi) is 7.10. The zero-order valence-electron chi connectivity index (χ0n) is 14.6. The highest BCUT2D eigenvalue weighted by Crippen LogP contribution is 2.04. The maximum atomic E-state index is 12.5. The second-order valence-electron chi connectivity index (χ2n) is 5.47. The Balaban J connectivity index is 3.45. The predicted octanol–water partition coefficient (Wildman–Crippen LogP) is 0.442. The van der Waals surface area contributed by atoms with Gasteiger partial charge < -0.3 is 4.74 Å². The summed E-state index contributed by atoms with van der Waals surface area (Å²) in [5, 5.41) is 0. The Bertz CT molecular complexity index is 808. The number of rotatable bonds is 9. The fourth-order valence-electron chi connectivity index (χ4n) is 2.11. The summed E-state index contributed by atoms with van der Waals surface area (Å²) in [5.41, 5.74) is -2.08. The van der Waals surface area contributed by atoms with Crippen molar-refractivity contribution in [2.75, 3.05) is 0 Å². The van der Waals surface area contributed by atoms with E-state index in [1.165, 1.54) is 19.1 Å². The highest BCUT2D eigenvalue weighted by atomic mass is 16.5. The molecule has 1 aromatic heterocycles. The summed E-state index contributed by atoms with van der Waals surface area (Å²) in [7, 11) is 0. The lowest BCUT2D eigenvalue weighted by molar-refractivity contribution is -0.145. The Hall–Kier alpha value is -2.90. The second kappa shape index (κ2) is 8.81. The SMILES string of the molecule is C=CCn1c(=O)n(CC=C)c(=O)n(CC(CC)OC(=O)C(=C)C)c1=O. The predicted molar refractivity (Wildman–Crippen MR) is 94.6 cm³/mol. The van der Waals surface area contributed by atoms with Crippen LogP contribution in [0.15, 0.2) is 51.8 Å². The van der Waals surface area contributed by atoms with Crippen LogP contribution in [0.2, 0.25) is 0 Å². The first-order chi connectivity index (χ1) is 11.8. The molecular formula is C17H23N3O5. The van der Waals surface area contributed by atoms with Crippen LogP contribution in [-0.2, 0) is 29.2 Å². The summed E-state index contributed by atoms with van der Waals surface area (Å²) >= 11 is 0. The molecule has 0 saturated heterocycles. The van der Waals surface area contributed by atoms with Gasteiger partial charge in [-0.25, -0.2) is 32.9 Å². The minimum Gasteiger partial charge on any atom is -0.457 e. The number of hydrogen-bond acceptors (Lipinski definition) is 5. The first-order valence-electron chi connectivity index (χ1n) is 7.81. The standard InChI is InChI=1S/C17H23N3O5/c1-6-9-18-15(22)19(10-7-2)17(24)20(16(18)23)11-13(8-3)25-14(21)12(4)5/h6-7,13H,1-2,4,8-11H2,3,5H3. The molecule has 1 atom stereocenters. The Morgan fingerprint density at radius 1 is 1.04 bits per heavy atom. The van der Waals surface area contributed by atoms with E-state index in [2.05, 4.69) is 19.7 Å². The second-order valence-corrected chi connectivity index (χ2v) is 5.47. The smallest absolute Gasteiger partial charge is 0.336 e. The van der Waals surface area contributed by atoms with Gasteiger partial charge >= 0.3 is 23.0 Å². The lowest BCUT2D eigenvalue weighted by Crippen LogP contribution is -2.55. The molecule has 1 aromatic rings. The molecule has 0 aliphatic rings. The fraction of sp³-hybridized carbons (Fsp3) is 0.412. The van der Waals surface area contributed by atoms with Gasteiger partial charge in [0.2, 0.25) is 0 Å². The van der Waals surface area contributed by atoms with E-state index in [1.54, 1.807) is 6.92 Å². The van der Waals surface area contributed by atoms with Crippen LogP contribution in [0, 0.1) is 0 Å². The summed E-state index contributed by atoms with van der Waals surface area (Å²) in [6.45, 7) is 13.5. The van der Waals surface area contributed by atoms with Crippen LogP contribution in [0.25, 0.3) is 0 Å². The third-order valence-corrected chi connectivity index (χ3v) is 3.47. The van der Waals surface area contributed by atoms with Gasteiger partial charge in [-0.3, -0.25) is 0 Å². The number of nitrogens with zero attached hydrogens (tertiary/aromatic N) is 3. The van der Waals surface area contributed by atoms with E-state index in [0.717, 1.165) is 13.7 Å². The molecule has 8 heteroatoms. The number of allylic oxidation sites excluding steroid dienone is 2. The Labute approximate surface area is 145 Å². The van der Waals surface area contributed by atoms with Crippen molar-refractivity contribution in [2.24, 2.45) is 0 Å². The summed E-state index contributed by atoms with van der Waals surface area (Å²) in [5.74, 6) is -0.606. The van der Waals surface area contributed by atoms with E-state index in [1.807, 2.05) is 0 Å². The number of carbonyl (C=O) groups excluding carboxylic acids is 1. The molecule has 0 aromatic carbocycles. The molecular weight excluding hydrogens is 326 g/mol. The van der Waals surface area contributed by atoms with Crippen molar-refractivity contribution in [2.45, 2.75) is 46.0 Å². The van der Waals surface area contributed by atoms with E-state index < -0.39 is 29.1 Å². The van der Waals surface area contributed by atoms with Crippen LogP contribution < -0.4 is 17.1 Å². The molecule has 0 saturated carbocycles. The van der Waals surface area contributed by atoms with E-state index in [9.17, 15) is 19.2 Å². The Morgan fingerprint density at radius 3 is 1.84 bits per heavy atom. The minimum absolute atomic E-state index is 0.0442. The van der Waals surface area contributed by atoms with Gasteiger partial charge in [-0.15, -0.1) is 13.2 Å². The molecule has 0 radical (unpaired) electrons. The molecule has 0 amide bonds. The number of aromatic nitrogens is 3. The maximum Gasteiger partial charge on any atom is 0.336 e. The van der Waals surface area contributed by atoms with Crippen LogP contribution in [0.4, 0.5) is 0 Å². The van der Waals surface area contributed by atoms with Crippen molar-refractivity contribution in [3.05, 3.63) is 68.9 Å². The van der Waals surface area contributed by atoms with Gasteiger partial charge in [0.1, 0.15) is 6.10 Å². The van der Waals surface area contributed by atoms with Gasteiger partial charge in [-0.1, -0.05) is 25.7 Å². The minimum atomic E-state index is -0.778. The van der Waals surface area contributed by atoms with Crippen molar-refractivity contribution in [1.29, 1.82) is 0 Å². The van der Waals surface area contributed by atoms with Crippen LogP contribution in [-0.4, -0.2) is 25.8 Å². The molecule has 1 heterocycles. The van der Waals surface area contributed by atoms with Gasteiger partial charge in [0.25, 0.3) is 0 Å². The number of carbonyl (C=O) groups is 1. The van der Waals surface area contributed by atoms with Crippen LogP contribution >= 0.6 is 0 Å². The number of ether oxygens (including phenoxy) is 1. The third kappa shape index (κ3) is 4.56. The average molecular weight is 349 g/mol. The first-order valence-corrected chi connectivity index (χ1v) is 7.81. The van der Waals surface area contributed by atoms with E-state index >= 15 is 0 Å². The Morgan fingerprint density at radius 2 is 1.48 bits per heavy atom. The molecule has 0 spiro atoms. The van der Waals surface area contributed by atoms with Gasteiger partial charge in [-0.05, 0) is 13.3 Å². The normalized spacial score (nSPS) is 11.6. The molecule has 0 aliphatic carbocycles. The van der Waals surface area contributed by atoms with E-state index in [4.69, 9.17) is 4.74 Å². The van der Waals surface area contributed by atoms with Gasteiger partial charge in [0.05, 0.1) is 19.6 Å². The molecule has 0 N–H and O–H groups in total. The number of hydrogen-bond donors (Lipinski definition) is 0. The monoisotopic (exact) mass is 349 g/mol. The topological polar surface area (TPSA) is 92.3 Å². The van der Waals surface area contributed by atoms with Crippen LogP contribution in [0.1, 0.15) is 20.3 Å². The van der Waals surface area contributed by atoms with E-state index in [-0.39, 0.29) is 25.2 Å². The van der Waals surface area contributed by atoms with Crippen molar-refractivity contribution < 1.29 is 9.53 Å². The lowest BCUT2D eigenvalue weighted by Gasteiger charge is -2.18. The van der Waals surface area contributed by atoms with Gasteiger partial charge in [0, 0.05) is 5.57 Å². The summed E-state index contributed by atoms with van der Waals surface area (Å²) in [6.07, 6.45) is 2.44.